The van der Waals surface area contributed by atoms with Crippen molar-refractivity contribution in [2.24, 2.45) is 17.3 Å². The maximum atomic E-state index is 11.8. The molecule has 1 N–H and O–H groups in total. The molecule has 3 aliphatic rings. The number of aryl methyl sites for hydroxylation is 1. The molecule has 1 aromatic carbocycles. The number of fused-ring (bicyclic) bond motifs is 5. The average molecular weight is 328 g/mol. The Morgan fingerprint density at radius 3 is 2.92 bits per heavy atom. The minimum absolute atomic E-state index is 0.0477. The normalized spacial score (nSPS) is 37.2. The van der Waals surface area contributed by atoms with Crippen molar-refractivity contribution in [3.8, 4) is 5.75 Å². The molecule has 130 valence electrons. The van der Waals surface area contributed by atoms with E-state index in [2.05, 4.69) is 13.0 Å². The fourth-order valence-corrected chi connectivity index (χ4v) is 5.96. The average Bonchev–Trinajstić information content (AvgIpc) is 2.90. The van der Waals surface area contributed by atoms with Crippen LogP contribution < -0.4 is 0 Å². The number of benzene rings is 1. The van der Waals surface area contributed by atoms with Gasteiger partial charge in [-0.1, -0.05) is 19.9 Å². The molecule has 0 aliphatic heterocycles. The lowest BCUT2D eigenvalue weighted by Gasteiger charge is -2.50. The Morgan fingerprint density at radius 2 is 2.12 bits per heavy atom. The van der Waals surface area contributed by atoms with E-state index in [1.807, 2.05) is 19.1 Å². The number of hydrogen-bond acceptors (Lipinski definition) is 3. The fraction of sp³-hybridized carbons (Fsp3) is 0.667. The van der Waals surface area contributed by atoms with E-state index in [1.165, 1.54) is 30.4 Å². The maximum Gasteiger partial charge on any atom is 0.305 e. The Morgan fingerprint density at radius 1 is 1.29 bits per heavy atom. The van der Waals surface area contributed by atoms with Crippen molar-refractivity contribution in [1.29, 1.82) is 0 Å². The number of phenolic OH excluding ortho intramolecular Hbond substituents is 1. The van der Waals surface area contributed by atoms with Crippen LogP contribution >= 0.6 is 0 Å². The molecule has 0 saturated heterocycles. The molecular weight excluding hydrogens is 300 g/mol. The van der Waals surface area contributed by atoms with Gasteiger partial charge in [-0.15, -0.1) is 0 Å². The second kappa shape index (κ2) is 5.79. The second-order valence-corrected chi connectivity index (χ2v) is 8.25. The zero-order valence-electron chi connectivity index (χ0n) is 14.8. The lowest BCUT2D eigenvalue weighted by Crippen LogP contribution is -2.45. The topological polar surface area (TPSA) is 46.5 Å². The van der Waals surface area contributed by atoms with E-state index in [1.54, 1.807) is 0 Å². The molecule has 0 aromatic heterocycles. The first kappa shape index (κ1) is 16.0. The lowest BCUT2D eigenvalue weighted by molar-refractivity contribution is -0.157. The first-order chi connectivity index (χ1) is 11.5. The molecule has 0 spiro atoms. The van der Waals surface area contributed by atoms with Crippen LogP contribution in [0.15, 0.2) is 18.2 Å². The molecule has 0 bridgehead atoms. The van der Waals surface area contributed by atoms with Gasteiger partial charge in [-0.3, -0.25) is 4.79 Å². The van der Waals surface area contributed by atoms with Gasteiger partial charge in [0.2, 0.25) is 0 Å². The van der Waals surface area contributed by atoms with Crippen LogP contribution in [-0.4, -0.2) is 17.2 Å². The molecule has 4 rings (SSSR count). The molecule has 0 heterocycles. The zero-order valence-corrected chi connectivity index (χ0v) is 14.8. The maximum absolute atomic E-state index is 11.8. The summed E-state index contributed by atoms with van der Waals surface area (Å²) in [5.41, 5.74) is 2.95. The zero-order chi connectivity index (χ0) is 16.9. The summed E-state index contributed by atoms with van der Waals surface area (Å²) < 4.78 is 5.83. The van der Waals surface area contributed by atoms with Gasteiger partial charge in [-0.05, 0) is 79.5 Å². The number of esters is 1. The SMILES string of the molecule is CCC(=O)O[C@H]1CCC2C3CCc4cc(O)ccc4C3CC[C@@]21C. The Labute approximate surface area is 144 Å². The van der Waals surface area contributed by atoms with Crippen molar-refractivity contribution in [1.82, 2.24) is 0 Å². The first-order valence-corrected chi connectivity index (χ1v) is 9.54. The summed E-state index contributed by atoms with van der Waals surface area (Å²) in [7, 11) is 0. The summed E-state index contributed by atoms with van der Waals surface area (Å²) >= 11 is 0. The predicted molar refractivity (Wildman–Crippen MR) is 92.9 cm³/mol. The highest BCUT2D eigenvalue weighted by molar-refractivity contribution is 5.69. The number of phenols is 1. The molecule has 5 atom stereocenters. The minimum Gasteiger partial charge on any atom is -0.508 e. The third-order valence-electron chi connectivity index (χ3n) is 7.19. The van der Waals surface area contributed by atoms with Crippen molar-refractivity contribution in [2.45, 2.75) is 70.8 Å². The van der Waals surface area contributed by atoms with Crippen molar-refractivity contribution in [2.75, 3.05) is 0 Å². The molecule has 3 nitrogen and oxygen atoms in total. The van der Waals surface area contributed by atoms with E-state index < -0.39 is 0 Å². The van der Waals surface area contributed by atoms with E-state index in [0.29, 0.717) is 29.9 Å². The standard InChI is InChI=1S/C21H28O3/c1-3-20(23)24-19-9-8-18-17-6-4-13-12-14(22)5-7-15(13)16(17)10-11-21(18,19)2/h5,7,12,16-19,22H,3-4,6,8-11H2,1-2H3/t16?,17?,18?,19-,21-/m0/s1. The van der Waals surface area contributed by atoms with Crippen LogP contribution in [-0.2, 0) is 16.0 Å². The number of carbonyl (C=O) groups excluding carboxylic acids is 1. The third-order valence-corrected chi connectivity index (χ3v) is 7.19. The first-order valence-electron chi connectivity index (χ1n) is 9.54. The Hall–Kier alpha value is -1.51. The van der Waals surface area contributed by atoms with E-state index in [0.717, 1.165) is 19.3 Å². The van der Waals surface area contributed by atoms with Gasteiger partial charge >= 0.3 is 5.97 Å². The largest absolute Gasteiger partial charge is 0.508 e. The van der Waals surface area contributed by atoms with E-state index in [4.69, 9.17) is 4.74 Å². The van der Waals surface area contributed by atoms with Crippen molar-refractivity contribution >= 4 is 5.97 Å². The summed E-state index contributed by atoms with van der Waals surface area (Å²) in [6, 6.07) is 5.95. The Kier molecular flexibility index (Phi) is 3.85. The quantitative estimate of drug-likeness (QED) is 0.809. The molecule has 3 aliphatic carbocycles. The van der Waals surface area contributed by atoms with Crippen LogP contribution in [0.4, 0.5) is 0 Å². The van der Waals surface area contributed by atoms with Gasteiger partial charge in [0.05, 0.1) is 0 Å². The third kappa shape index (κ3) is 2.35. The van der Waals surface area contributed by atoms with E-state index in [9.17, 15) is 9.90 Å². The van der Waals surface area contributed by atoms with Crippen LogP contribution in [0.5, 0.6) is 5.75 Å². The van der Waals surface area contributed by atoms with Gasteiger partial charge < -0.3 is 9.84 Å². The van der Waals surface area contributed by atoms with Crippen LogP contribution in [0.1, 0.15) is 69.4 Å². The minimum atomic E-state index is -0.0477. The number of rotatable bonds is 2. The van der Waals surface area contributed by atoms with E-state index in [-0.39, 0.29) is 17.5 Å². The van der Waals surface area contributed by atoms with Gasteiger partial charge in [-0.25, -0.2) is 0 Å². The van der Waals surface area contributed by atoms with Crippen LogP contribution in [0.2, 0.25) is 0 Å². The number of carbonyl (C=O) groups is 1. The molecule has 2 saturated carbocycles. The molecular formula is C21H28O3. The van der Waals surface area contributed by atoms with Gasteiger partial charge in [0.25, 0.3) is 0 Å². The van der Waals surface area contributed by atoms with Gasteiger partial charge in [0, 0.05) is 11.8 Å². The van der Waals surface area contributed by atoms with Crippen molar-refractivity contribution in [3.63, 3.8) is 0 Å². The summed E-state index contributed by atoms with van der Waals surface area (Å²) in [5, 5.41) is 9.77. The molecule has 1 aromatic rings. The molecule has 0 radical (unpaired) electrons. The summed E-state index contributed by atoms with van der Waals surface area (Å²) in [6.45, 7) is 4.24. The Balaban J connectivity index is 1.60. The van der Waals surface area contributed by atoms with Crippen LogP contribution in [0.25, 0.3) is 0 Å². The van der Waals surface area contributed by atoms with Crippen molar-refractivity contribution in [3.05, 3.63) is 29.3 Å². The van der Waals surface area contributed by atoms with Gasteiger partial charge in [-0.2, -0.15) is 0 Å². The Bertz CT molecular complexity index is 652. The van der Waals surface area contributed by atoms with Crippen LogP contribution in [0, 0.1) is 17.3 Å². The molecule has 3 heteroatoms. The summed E-state index contributed by atoms with van der Waals surface area (Å²) in [6.07, 6.45) is 7.38. The highest BCUT2D eigenvalue weighted by atomic mass is 16.5. The van der Waals surface area contributed by atoms with Crippen LogP contribution in [0.3, 0.4) is 0 Å². The van der Waals surface area contributed by atoms with Gasteiger partial charge in [0.1, 0.15) is 11.9 Å². The predicted octanol–water partition coefficient (Wildman–Crippen LogP) is 4.57. The molecule has 2 fully saturated rings. The van der Waals surface area contributed by atoms with Gasteiger partial charge in [0.15, 0.2) is 0 Å². The van der Waals surface area contributed by atoms with Crippen molar-refractivity contribution < 1.29 is 14.6 Å². The fourth-order valence-electron chi connectivity index (χ4n) is 5.96. The number of aromatic hydroxyl groups is 1. The molecule has 24 heavy (non-hydrogen) atoms. The van der Waals surface area contributed by atoms with E-state index >= 15 is 0 Å². The number of hydrogen-bond donors (Lipinski definition) is 1. The second-order valence-electron chi connectivity index (χ2n) is 8.25. The summed E-state index contributed by atoms with van der Waals surface area (Å²) in [4.78, 5) is 11.8. The highest BCUT2D eigenvalue weighted by Gasteiger charge is 2.56. The highest BCUT2D eigenvalue weighted by Crippen LogP contribution is 2.61. The molecule has 3 unspecified atom stereocenters. The monoisotopic (exact) mass is 328 g/mol. The smallest absolute Gasteiger partial charge is 0.305 e. The number of ether oxygens (including phenoxy) is 1. The lowest BCUT2D eigenvalue weighted by atomic mass is 9.55. The molecule has 0 amide bonds. The summed E-state index contributed by atoms with van der Waals surface area (Å²) in [5.74, 6) is 2.32.